The second-order valence-corrected chi connectivity index (χ2v) is 11.1. The molecule has 0 unspecified atom stereocenters. The van der Waals surface area contributed by atoms with Crippen LogP contribution in [0.4, 0.5) is 4.39 Å². The van der Waals surface area contributed by atoms with E-state index in [0.29, 0.717) is 22.6 Å². The lowest BCUT2D eigenvalue weighted by atomic mass is 9.99. The first-order valence-corrected chi connectivity index (χ1v) is 13.9. The van der Waals surface area contributed by atoms with Crippen LogP contribution in [0.25, 0.3) is 22.0 Å². The molecule has 210 valence electrons. The van der Waals surface area contributed by atoms with E-state index in [1.807, 2.05) is 31.2 Å². The van der Waals surface area contributed by atoms with Crippen LogP contribution in [0.2, 0.25) is 0 Å². The third kappa shape index (κ3) is 5.38. The summed E-state index contributed by atoms with van der Waals surface area (Å²) in [4.78, 5) is 53.9. The van der Waals surface area contributed by atoms with Crippen molar-refractivity contribution in [2.75, 3.05) is 6.54 Å². The van der Waals surface area contributed by atoms with Crippen LogP contribution in [-0.2, 0) is 22.6 Å². The van der Waals surface area contributed by atoms with Gasteiger partial charge in [-0.3, -0.25) is 24.0 Å². The first-order valence-electron chi connectivity index (χ1n) is 13.9. The van der Waals surface area contributed by atoms with Gasteiger partial charge in [-0.1, -0.05) is 12.1 Å². The summed E-state index contributed by atoms with van der Waals surface area (Å²) in [5.74, 6) is 0.201. The number of hydrogen-bond donors (Lipinski definition) is 0. The molecule has 1 saturated heterocycles. The monoisotopic (exact) mass is 554 g/mol. The SMILES string of the molecule is CC(=O)c1nn(CC(=O)N2C[C@H](F)C[C@H]2C(=O)Cc2nc(C)ccc2C2CC2)c2ccc(-c3cnc(C)nc3)cc12. The van der Waals surface area contributed by atoms with Crippen LogP contribution < -0.4 is 0 Å². The van der Waals surface area contributed by atoms with Crippen LogP contribution in [0.5, 0.6) is 0 Å². The Morgan fingerprint density at radius 3 is 2.49 bits per heavy atom. The molecule has 2 atom stereocenters. The number of fused-ring (bicyclic) bond motifs is 1. The summed E-state index contributed by atoms with van der Waals surface area (Å²) in [5, 5.41) is 5.05. The van der Waals surface area contributed by atoms with Crippen molar-refractivity contribution in [1.29, 1.82) is 0 Å². The predicted octanol–water partition coefficient (Wildman–Crippen LogP) is 4.34. The number of pyridine rings is 1. The quantitative estimate of drug-likeness (QED) is 0.298. The van der Waals surface area contributed by atoms with Crippen LogP contribution >= 0.6 is 0 Å². The van der Waals surface area contributed by atoms with Crippen molar-refractivity contribution in [2.24, 2.45) is 0 Å². The number of likely N-dealkylation sites (tertiary alicyclic amines) is 1. The number of hydrogen-bond acceptors (Lipinski definition) is 7. The minimum atomic E-state index is -1.29. The van der Waals surface area contributed by atoms with Gasteiger partial charge in [-0.2, -0.15) is 5.10 Å². The largest absolute Gasteiger partial charge is 0.328 e. The van der Waals surface area contributed by atoms with E-state index in [-0.39, 0.29) is 43.2 Å². The Labute approximate surface area is 236 Å². The number of halogens is 1. The summed E-state index contributed by atoms with van der Waals surface area (Å²) < 4.78 is 16.1. The number of rotatable bonds is 8. The van der Waals surface area contributed by atoms with E-state index in [1.165, 1.54) is 16.5 Å². The highest BCUT2D eigenvalue weighted by molar-refractivity contribution is 6.06. The van der Waals surface area contributed by atoms with Crippen molar-refractivity contribution in [3.63, 3.8) is 0 Å². The van der Waals surface area contributed by atoms with Crippen molar-refractivity contribution in [3.05, 3.63) is 71.2 Å². The van der Waals surface area contributed by atoms with Crippen molar-refractivity contribution in [3.8, 4) is 11.1 Å². The maximum Gasteiger partial charge on any atom is 0.245 e. The molecule has 4 heterocycles. The maximum atomic E-state index is 14.7. The molecule has 0 bridgehead atoms. The first kappa shape index (κ1) is 26.9. The predicted molar refractivity (Wildman–Crippen MR) is 150 cm³/mol. The van der Waals surface area contributed by atoms with Crippen LogP contribution in [-0.4, -0.2) is 65.9 Å². The van der Waals surface area contributed by atoms with Crippen molar-refractivity contribution >= 4 is 28.4 Å². The number of alkyl halides is 1. The number of nitrogens with zero attached hydrogens (tertiary/aromatic N) is 6. The molecule has 0 N–H and O–H groups in total. The molecule has 1 aliphatic heterocycles. The molecule has 2 aliphatic rings. The number of aromatic nitrogens is 5. The molecule has 2 fully saturated rings. The summed E-state index contributed by atoms with van der Waals surface area (Å²) in [6.07, 6.45) is 4.32. The van der Waals surface area contributed by atoms with Gasteiger partial charge in [0.15, 0.2) is 11.6 Å². The first-order chi connectivity index (χ1) is 19.7. The normalized spacial score (nSPS) is 18.7. The Morgan fingerprint density at radius 2 is 1.78 bits per heavy atom. The fraction of sp³-hybridized carbons (Fsp3) is 0.387. The lowest BCUT2D eigenvalue weighted by Gasteiger charge is -2.24. The minimum Gasteiger partial charge on any atom is -0.328 e. The molecule has 6 rings (SSSR count). The molecule has 1 aromatic carbocycles. The van der Waals surface area contributed by atoms with Crippen LogP contribution in [0.1, 0.15) is 65.4 Å². The van der Waals surface area contributed by atoms with Gasteiger partial charge in [0.2, 0.25) is 5.91 Å². The molecule has 41 heavy (non-hydrogen) atoms. The molecule has 0 radical (unpaired) electrons. The van der Waals surface area contributed by atoms with Gasteiger partial charge in [-0.25, -0.2) is 14.4 Å². The van der Waals surface area contributed by atoms with Gasteiger partial charge >= 0.3 is 0 Å². The highest BCUT2D eigenvalue weighted by Crippen LogP contribution is 2.41. The number of benzene rings is 1. The number of aryl methyl sites for hydroxylation is 2. The molecule has 1 saturated carbocycles. The number of amides is 1. The van der Waals surface area contributed by atoms with E-state index in [4.69, 9.17) is 0 Å². The molecular weight excluding hydrogens is 523 g/mol. The van der Waals surface area contributed by atoms with Gasteiger partial charge in [-0.15, -0.1) is 0 Å². The van der Waals surface area contributed by atoms with Gasteiger partial charge < -0.3 is 4.90 Å². The maximum absolute atomic E-state index is 14.7. The van der Waals surface area contributed by atoms with Crippen LogP contribution in [0, 0.1) is 13.8 Å². The fourth-order valence-corrected chi connectivity index (χ4v) is 5.68. The number of ketones is 2. The third-order valence-electron chi connectivity index (χ3n) is 7.93. The molecule has 1 aliphatic carbocycles. The molecular formula is C31H31FN6O3. The summed E-state index contributed by atoms with van der Waals surface area (Å²) >= 11 is 0. The lowest BCUT2D eigenvalue weighted by molar-refractivity contribution is -0.138. The number of carbonyl (C=O) groups is 3. The second kappa shape index (κ2) is 10.6. The van der Waals surface area contributed by atoms with E-state index in [2.05, 4.69) is 20.1 Å². The Hall–Kier alpha value is -4.34. The fourth-order valence-electron chi connectivity index (χ4n) is 5.68. The minimum absolute atomic E-state index is 0.0321. The average molecular weight is 555 g/mol. The summed E-state index contributed by atoms with van der Waals surface area (Å²) in [7, 11) is 0. The Kier molecular flexibility index (Phi) is 6.93. The van der Waals surface area contributed by atoms with Crippen molar-refractivity contribution in [2.45, 2.75) is 71.1 Å². The Morgan fingerprint density at radius 1 is 1.02 bits per heavy atom. The highest BCUT2D eigenvalue weighted by atomic mass is 19.1. The standard InChI is InChI=1S/C31H31FN6O3/c1-17-4-8-24(20-5-6-20)26(35-17)12-29(40)28-11-23(32)15-37(28)30(41)16-38-27-9-7-21(22-13-33-19(3)34-14-22)10-25(27)31(36-38)18(2)39/h4,7-10,13-14,20,23,28H,5-6,11-12,15-16H2,1-3H3/t23-,28+/m1/s1. The number of Topliss-reactive ketones (excluding diaryl/α,β-unsaturated/α-hetero) is 2. The van der Waals surface area contributed by atoms with Crippen molar-refractivity contribution < 1.29 is 18.8 Å². The van der Waals surface area contributed by atoms with E-state index in [0.717, 1.165) is 40.9 Å². The Bertz CT molecular complexity index is 1680. The van der Waals surface area contributed by atoms with Gasteiger partial charge in [0.25, 0.3) is 0 Å². The smallest absolute Gasteiger partial charge is 0.245 e. The lowest BCUT2D eigenvalue weighted by Crippen LogP contribution is -2.43. The summed E-state index contributed by atoms with van der Waals surface area (Å²) in [6.45, 7) is 4.74. The topological polar surface area (TPSA) is 111 Å². The zero-order chi connectivity index (χ0) is 28.8. The van der Waals surface area contributed by atoms with Gasteiger partial charge in [0.05, 0.1) is 30.2 Å². The second-order valence-electron chi connectivity index (χ2n) is 11.1. The zero-order valence-electron chi connectivity index (χ0n) is 23.3. The van der Waals surface area contributed by atoms with E-state index < -0.39 is 18.1 Å². The third-order valence-corrected chi connectivity index (χ3v) is 7.93. The molecule has 3 aromatic heterocycles. The molecule has 0 spiro atoms. The average Bonchev–Trinajstić information content (AvgIpc) is 3.61. The van der Waals surface area contributed by atoms with E-state index in [9.17, 15) is 18.8 Å². The molecule has 4 aromatic rings. The summed E-state index contributed by atoms with van der Waals surface area (Å²) in [5.41, 5.74) is 5.06. The Balaban J connectivity index is 1.25. The van der Waals surface area contributed by atoms with Gasteiger partial charge in [-0.05, 0) is 61.9 Å². The highest BCUT2D eigenvalue weighted by Gasteiger charge is 2.40. The molecule has 9 nitrogen and oxygen atoms in total. The van der Waals surface area contributed by atoms with Crippen molar-refractivity contribution in [1.82, 2.24) is 29.6 Å². The van der Waals surface area contributed by atoms with E-state index in [1.54, 1.807) is 25.4 Å². The van der Waals surface area contributed by atoms with E-state index >= 15 is 0 Å². The summed E-state index contributed by atoms with van der Waals surface area (Å²) in [6, 6.07) is 8.60. The molecule has 10 heteroatoms. The van der Waals surface area contributed by atoms with Gasteiger partial charge in [0.1, 0.15) is 24.2 Å². The van der Waals surface area contributed by atoms with Gasteiger partial charge in [0, 0.05) is 42.4 Å². The van der Waals surface area contributed by atoms with Crippen LogP contribution in [0.3, 0.4) is 0 Å². The number of carbonyl (C=O) groups excluding carboxylic acids is 3. The zero-order valence-corrected chi connectivity index (χ0v) is 23.3. The molecule has 1 amide bonds. The van der Waals surface area contributed by atoms with Crippen LogP contribution in [0.15, 0.2) is 42.7 Å².